The van der Waals surface area contributed by atoms with Crippen molar-refractivity contribution in [2.75, 3.05) is 26.2 Å². The highest BCUT2D eigenvalue weighted by Crippen LogP contribution is 2.45. The van der Waals surface area contributed by atoms with Gasteiger partial charge in [0.15, 0.2) is 0 Å². The molecule has 0 aromatic heterocycles. The van der Waals surface area contributed by atoms with Gasteiger partial charge >= 0.3 is 6.09 Å². The first-order valence-corrected chi connectivity index (χ1v) is 12.0. The Balaban J connectivity index is 1.36. The van der Waals surface area contributed by atoms with E-state index in [2.05, 4.69) is 24.1 Å². The van der Waals surface area contributed by atoms with Gasteiger partial charge in [0.1, 0.15) is 11.9 Å². The Hall–Kier alpha value is -1.95. The lowest BCUT2D eigenvalue weighted by molar-refractivity contribution is -0.0361. The number of carbonyl (C=O) groups excluding carboxylic acids is 1. The van der Waals surface area contributed by atoms with E-state index in [0.29, 0.717) is 22.6 Å². The molecule has 1 unspecified atom stereocenters. The van der Waals surface area contributed by atoms with Crippen molar-refractivity contribution in [2.45, 2.75) is 38.8 Å². The molecule has 3 saturated heterocycles. The van der Waals surface area contributed by atoms with Crippen LogP contribution in [0.4, 0.5) is 4.79 Å². The van der Waals surface area contributed by atoms with Crippen molar-refractivity contribution in [1.29, 1.82) is 0 Å². The van der Waals surface area contributed by atoms with Crippen LogP contribution in [-0.2, 0) is 4.74 Å². The number of fused-ring (bicyclic) bond motifs is 4. The summed E-state index contributed by atoms with van der Waals surface area (Å²) in [6.07, 6.45) is 1.85. The van der Waals surface area contributed by atoms with Gasteiger partial charge in [-0.05, 0) is 55.6 Å². The summed E-state index contributed by atoms with van der Waals surface area (Å²) in [6.45, 7) is 7.76. The van der Waals surface area contributed by atoms with E-state index in [4.69, 9.17) is 32.7 Å². The highest BCUT2D eigenvalue weighted by atomic mass is 35.5. The van der Waals surface area contributed by atoms with Crippen LogP contribution < -0.4 is 10.1 Å². The first-order chi connectivity index (χ1) is 15.3. The third kappa shape index (κ3) is 4.18. The fraction of sp³-hybridized carbons (Fsp3) is 0.480. The molecule has 0 radical (unpaired) electrons. The fourth-order valence-corrected chi connectivity index (χ4v) is 5.68. The van der Waals surface area contributed by atoms with Crippen molar-refractivity contribution in [3.05, 3.63) is 52.0 Å². The number of halogens is 2. The van der Waals surface area contributed by atoms with Crippen LogP contribution in [0, 0.1) is 11.3 Å². The summed E-state index contributed by atoms with van der Waals surface area (Å²) in [5, 5.41) is 4.33. The zero-order valence-electron chi connectivity index (χ0n) is 18.4. The molecule has 170 valence electrons. The standard InChI is InChI=1S/C25H28Cl2N2O3/c1-25(2)14-31-21-11-16(18-6-4-17(26)12-20(18)27)3-5-19(21)23(25)28-24(30)32-22-13-29-9-7-15(22)8-10-29/h3-6,11-12,15,22-23H,7-10,13-14H2,1-2H3,(H,28,30)/t22-,23?/m0/s1. The smallest absolute Gasteiger partial charge is 0.407 e. The van der Waals surface area contributed by atoms with Crippen molar-refractivity contribution in [1.82, 2.24) is 10.2 Å². The highest BCUT2D eigenvalue weighted by Gasteiger charge is 2.41. The molecule has 5 nitrogen and oxygen atoms in total. The zero-order chi connectivity index (χ0) is 22.5. The van der Waals surface area contributed by atoms with Crippen LogP contribution in [-0.4, -0.2) is 43.3 Å². The van der Waals surface area contributed by atoms with Crippen molar-refractivity contribution < 1.29 is 14.3 Å². The quantitative estimate of drug-likeness (QED) is 0.597. The highest BCUT2D eigenvalue weighted by molar-refractivity contribution is 6.36. The van der Waals surface area contributed by atoms with Gasteiger partial charge < -0.3 is 14.8 Å². The zero-order valence-corrected chi connectivity index (χ0v) is 19.9. The number of benzene rings is 2. The van der Waals surface area contributed by atoms with E-state index in [1.165, 1.54) is 0 Å². The van der Waals surface area contributed by atoms with Crippen LogP contribution in [0.5, 0.6) is 5.75 Å². The lowest BCUT2D eigenvalue weighted by Gasteiger charge is -2.44. The van der Waals surface area contributed by atoms with Gasteiger partial charge in [0.05, 0.1) is 12.6 Å². The minimum atomic E-state index is -0.348. The molecule has 3 fully saturated rings. The molecule has 4 aliphatic heterocycles. The van der Waals surface area contributed by atoms with E-state index < -0.39 is 0 Å². The summed E-state index contributed by atoms with van der Waals surface area (Å²) in [6, 6.07) is 11.2. The van der Waals surface area contributed by atoms with Gasteiger partial charge in [-0.3, -0.25) is 4.90 Å². The summed E-state index contributed by atoms with van der Waals surface area (Å²) >= 11 is 12.5. The Bertz CT molecular complexity index is 1030. The second-order valence-corrected chi connectivity index (χ2v) is 10.7. The predicted octanol–water partition coefficient (Wildman–Crippen LogP) is 5.94. The van der Waals surface area contributed by atoms with E-state index >= 15 is 0 Å². The summed E-state index contributed by atoms with van der Waals surface area (Å²) in [4.78, 5) is 15.3. The second-order valence-electron chi connectivity index (χ2n) is 9.81. The molecule has 2 bridgehead atoms. The molecular formula is C25H28Cl2N2O3. The fourth-order valence-electron chi connectivity index (χ4n) is 5.16. The van der Waals surface area contributed by atoms with Crippen molar-refractivity contribution in [3.63, 3.8) is 0 Å². The number of piperidine rings is 3. The largest absolute Gasteiger partial charge is 0.493 e. The average Bonchev–Trinajstić information content (AvgIpc) is 2.76. The Morgan fingerprint density at radius 3 is 2.62 bits per heavy atom. The minimum absolute atomic E-state index is 0.0191. The van der Waals surface area contributed by atoms with Crippen LogP contribution in [0.15, 0.2) is 36.4 Å². The number of alkyl carbamates (subject to hydrolysis) is 1. The van der Waals surface area contributed by atoms with E-state index in [0.717, 1.165) is 54.9 Å². The maximum atomic E-state index is 12.9. The number of ether oxygens (including phenoxy) is 2. The Labute approximate surface area is 199 Å². The van der Waals surface area contributed by atoms with Crippen LogP contribution in [0.3, 0.4) is 0 Å². The number of nitrogens with zero attached hydrogens (tertiary/aromatic N) is 1. The molecule has 4 heterocycles. The predicted molar refractivity (Wildman–Crippen MR) is 126 cm³/mol. The normalized spacial score (nSPS) is 27.9. The molecule has 0 spiro atoms. The summed E-state index contributed by atoms with van der Waals surface area (Å²) in [5.41, 5.74) is 2.50. The third-order valence-corrected chi connectivity index (χ3v) is 7.61. The molecule has 4 aliphatic rings. The molecule has 32 heavy (non-hydrogen) atoms. The Kier molecular flexibility index (Phi) is 5.77. The van der Waals surface area contributed by atoms with Crippen LogP contribution in [0.2, 0.25) is 10.0 Å². The van der Waals surface area contributed by atoms with Gasteiger partial charge in [-0.25, -0.2) is 4.79 Å². The van der Waals surface area contributed by atoms with Crippen LogP contribution >= 0.6 is 23.2 Å². The first kappa shape index (κ1) is 21.9. The van der Waals surface area contributed by atoms with E-state index in [1.54, 1.807) is 6.07 Å². The van der Waals surface area contributed by atoms with E-state index in [-0.39, 0.29) is 23.7 Å². The molecule has 0 aliphatic carbocycles. The molecule has 0 saturated carbocycles. The lowest BCUT2D eigenvalue weighted by Crippen LogP contribution is -2.53. The molecule has 2 atom stereocenters. The molecule has 1 amide bonds. The molecule has 2 aromatic carbocycles. The summed E-state index contributed by atoms with van der Waals surface area (Å²) in [5.74, 6) is 1.23. The third-order valence-electron chi connectivity index (χ3n) is 7.06. The molecule has 1 N–H and O–H groups in total. The topological polar surface area (TPSA) is 50.8 Å². The second kappa shape index (κ2) is 8.44. The van der Waals surface area contributed by atoms with Gasteiger partial charge in [0, 0.05) is 33.1 Å². The lowest BCUT2D eigenvalue weighted by atomic mass is 9.78. The van der Waals surface area contributed by atoms with Crippen molar-refractivity contribution in [2.24, 2.45) is 11.3 Å². The van der Waals surface area contributed by atoms with E-state index in [9.17, 15) is 4.79 Å². The molecule has 7 heteroatoms. The van der Waals surface area contributed by atoms with Crippen LogP contribution in [0.1, 0.15) is 38.3 Å². The molecular weight excluding hydrogens is 447 g/mol. The monoisotopic (exact) mass is 474 g/mol. The van der Waals surface area contributed by atoms with Crippen molar-refractivity contribution >= 4 is 29.3 Å². The molecule has 2 aromatic rings. The van der Waals surface area contributed by atoms with Gasteiger partial charge in [-0.1, -0.05) is 55.2 Å². The van der Waals surface area contributed by atoms with E-state index in [1.807, 2.05) is 30.3 Å². The Morgan fingerprint density at radius 1 is 1.16 bits per heavy atom. The number of rotatable bonds is 3. The number of carbonyl (C=O) groups is 1. The number of hydrogen-bond acceptors (Lipinski definition) is 4. The molecule has 6 rings (SSSR count). The number of amides is 1. The van der Waals surface area contributed by atoms with Crippen LogP contribution in [0.25, 0.3) is 11.1 Å². The van der Waals surface area contributed by atoms with Gasteiger partial charge in [-0.2, -0.15) is 0 Å². The van der Waals surface area contributed by atoms with Gasteiger partial charge in [-0.15, -0.1) is 0 Å². The number of hydrogen-bond donors (Lipinski definition) is 1. The maximum absolute atomic E-state index is 12.9. The number of nitrogens with one attached hydrogen (secondary N) is 1. The van der Waals surface area contributed by atoms with Gasteiger partial charge in [0.25, 0.3) is 0 Å². The van der Waals surface area contributed by atoms with Gasteiger partial charge in [0.2, 0.25) is 0 Å². The average molecular weight is 475 g/mol. The summed E-state index contributed by atoms with van der Waals surface area (Å²) in [7, 11) is 0. The van der Waals surface area contributed by atoms with Crippen molar-refractivity contribution in [3.8, 4) is 16.9 Å². The SMILES string of the molecule is CC1(C)COc2cc(-c3ccc(Cl)cc3Cl)ccc2C1NC(=O)O[C@H]1CN2CCC1CC2. The first-order valence-electron chi connectivity index (χ1n) is 11.2. The Morgan fingerprint density at radius 2 is 1.94 bits per heavy atom. The minimum Gasteiger partial charge on any atom is -0.493 e. The maximum Gasteiger partial charge on any atom is 0.407 e. The summed E-state index contributed by atoms with van der Waals surface area (Å²) < 4.78 is 12.0.